The summed E-state index contributed by atoms with van der Waals surface area (Å²) < 4.78 is 39.0. The quantitative estimate of drug-likeness (QED) is 0.479. The van der Waals surface area contributed by atoms with Crippen LogP contribution in [0.4, 0.5) is 0 Å². The summed E-state index contributed by atoms with van der Waals surface area (Å²) in [5, 5.41) is 6.40. The van der Waals surface area contributed by atoms with Crippen LogP contribution in [0.3, 0.4) is 0 Å². The van der Waals surface area contributed by atoms with E-state index in [9.17, 15) is 8.42 Å². The van der Waals surface area contributed by atoms with E-state index < -0.39 is 15.6 Å². The second-order valence-electron chi connectivity index (χ2n) is 7.93. The first-order valence-electron chi connectivity index (χ1n) is 9.63. The maximum atomic E-state index is 12.8. The van der Waals surface area contributed by atoms with Crippen molar-refractivity contribution in [2.45, 2.75) is 44.3 Å². The summed E-state index contributed by atoms with van der Waals surface area (Å²) in [7, 11) is -1.97. The fraction of sp³-hybridized carbons (Fsp3) is 0.381. The Morgan fingerprint density at radius 3 is 2.47 bits per heavy atom. The number of hydrogen-bond donors (Lipinski definition) is 3. The topological polar surface area (TPSA) is 101 Å². The van der Waals surface area contributed by atoms with Gasteiger partial charge in [-0.25, -0.2) is 13.1 Å². The third-order valence-corrected chi connectivity index (χ3v) is 6.13. The first-order valence-corrected chi connectivity index (χ1v) is 11.1. The molecule has 0 aromatic heterocycles. The third kappa shape index (κ3) is 5.64. The maximum Gasteiger partial charge on any atom is 0.241 e. The molecule has 2 aromatic carbocycles. The van der Waals surface area contributed by atoms with Gasteiger partial charge in [0.25, 0.3) is 0 Å². The number of benzene rings is 2. The van der Waals surface area contributed by atoms with Crippen molar-refractivity contribution in [3.63, 3.8) is 0 Å². The average Bonchev–Trinajstić information content (AvgIpc) is 3.14. The standard InChI is InChI=1S/C21H28N4O4S/c1-21(2,3)25-30(26,27)19-8-6-5-7-16(19)13-24-20(22-4)23-12-15-9-10-17-18(11-15)29-14-28-17/h5-11,25H,12-14H2,1-4H3,(H2,22,23,24). The lowest BCUT2D eigenvalue weighted by Gasteiger charge is -2.22. The van der Waals surface area contributed by atoms with E-state index in [0.717, 1.165) is 17.1 Å². The summed E-state index contributed by atoms with van der Waals surface area (Å²) >= 11 is 0. The lowest BCUT2D eigenvalue weighted by atomic mass is 10.1. The average molecular weight is 433 g/mol. The summed E-state index contributed by atoms with van der Waals surface area (Å²) in [6, 6.07) is 12.7. The highest BCUT2D eigenvalue weighted by atomic mass is 32.2. The predicted octanol–water partition coefficient (Wildman–Crippen LogP) is 2.36. The Morgan fingerprint density at radius 2 is 1.73 bits per heavy atom. The second-order valence-corrected chi connectivity index (χ2v) is 9.58. The van der Waals surface area contributed by atoms with Crippen molar-refractivity contribution in [2.24, 2.45) is 4.99 Å². The van der Waals surface area contributed by atoms with Gasteiger partial charge in [0, 0.05) is 25.7 Å². The van der Waals surface area contributed by atoms with Gasteiger partial charge in [-0.3, -0.25) is 4.99 Å². The van der Waals surface area contributed by atoms with Crippen molar-refractivity contribution in [1.82, 2.24) is 15.4 Å². The molecule has 0 saturated heterocycles. The number of rotatable bonds is 6. The number of guanidine groups is 1. The summed E-state index contributed by atoms with van der Waals surface area (Å²) in [6.45, 7) is 6.51. The Hall–Kier alpha value is -2.78. The first kappa shape index (κ1) is 21.9. The summed E-state index contributed by atoms with van der Waals surface area (Å²) in [6.07, 6.45) is 0. The number of aliphatic imine (C=N–C) groups is 1. The van der Waals surface area contributed by atoms with Crippen molar-refractivity contribution in [3.8, 4) is 11.5 Å². The summed E-state index contributed by atoms with van der Waals surface area (Å²) in [5.74, 6) is 2.02. The van der Waals surface area contributed by atoms with Crippen molar-refractivity contribution >= 4 is 16.0 Å². The SMILES string of the molecule is CN=C(NCc1ccc2c(c1)OCO2)NCc1ccccc1S(=O)(=O)NC(C)(C)C. The molecule has 162 valence electrons. The fourth-order valence-corrected chi connectivity index (χ4v) is 4.67. The van der Waals surface area contributed by atoms with Gasteiger partial charge in [0.1, 0.15) is 0 Å². The molecular formula is C21H28N4O4S. The molecule has 1 heterocycles. The van der Waals surface area contributed by atoms with E-state index in [1.807, 2.05) is 45.0 Å². The first-order chi connectivity index (χ1) is 14.2. The van der Waals surface area contributed by atoms with Gasteiger partial charge < -0.3 is 20.1 Å². The zero-order valence-electron chi connectivity index (χ0n) is 17.7. The highest BCUT2D eigenvalue weighted by Crippen LogP contribution is 2.32. The summed E-state index contributed by atoms with van der Waals surface area (Å²) in [5.41, 5.74) is 1.10. The van der Waals surface area contributed by atoms with Crippen molar-refractivity contribution in [1.29, 1.82) is 0 Å². The molecule has 0 unspecified atom stereocenters. The molecule has 30 heavy (non-hydrogen) atoms. The number of nitrogens with one attached hydrogen (secondary N) is 3. The molecule has 0 bridgehead atoms. The van der Waals surface area contributed by atoms with Gasteiger partial charge in [-0.2, -0.15) is 0 Å². The van der Waals surface area contributed by atoms with E-state index >= 15 is 0 Å². The normalized spacial score (nSPS) is 13.9. The Labute approximate surface area is 177 Å². The molecular weight excluding hydrogens is 404 g/mol. The van der Waals surface area contributed by atoms with E-state index in [2.05, 4.69) is 20.3 Å². The van der Waals surface area contributed by atoms with Crippen LogP contribution in [0.5, 0.6) is 11.5 Å². The van der Waals surface area contributed by atoms with Gasteiger partial charge in [0.05, 0.1) is 4.90 Å². The van der Waals surface area contributed by atoms with E-state index in [1.165, 1.54) is 0 Å². The smallest absolute Gasteiger partial charge is 0.241 e. The molecule has 0 aliphatic carbocycles. The van der Waals surface area contributed by atoms with E-state index in [0.29, 0.717) is 24.6 Å². The second kappa shape index (κ2) is 8.93. The predicted molar refractivity (Wildman–Crippen MR) is 116 cm³/mol. The summed E-state index contributed by atoms with van der Waals surface area (Å²) in [4.78, 5) is 4.46. The number of ether oxygens (including phenoxy) is 2. The van der Waals surface area contributed by atoms with Crippen LogP contribution in [0.15, 0.2) is 52.4 Å². The van der Waals surface area contributed by atoms with E-state index in [-0.39, 0.29) is 11.7 Å². The van der Waals surface area contributed by atoms with Gasteiger partial charge in [0.15, 0.2) is 17.5 Å². The van der Waals surface area contributed by atoms with Crippen LogP contribution >= 0.6 is 0 Å². The molecule has 0 atom stereocenters. The maximum absolute atomic E-state index is 12.8. The monoisotopic (exact) mass is 432 g/mol. The molecule has 0 radical (unpaired) electrons. The zero-order valence-corrected chi connectivity index (χ0v) is 18.5. The number of nitrogens with zero attached hydrogens (tertiary/aromatic N) is 1. The lowest BCUT2D eigenvalue weighted by Crippen LogP contribution is -2.41. The Morgan fingerprint density at radius 1 is 1.03 bits per heavy atom. The fourth-order valence-electron chi connectivity index (χ4n) is 3.01. The number of fused-ring (bicyclic) bond motifs is 1. The van der Waals surface area contributed by atoms with E-state index in [4.69, 9.17) is 9.47 Å². The molecule has 2 aromatic rings. The Kier molecular flexibility index (Phi) is 6.52. The molecule has 9 heteroatoms. The molecule has 0 amide bonds. The molecule has 1 aliphatic rings. The molecule has 0 fully saturated rings. The van der Waals surface area contributed by atoms with Crippen LogP contribution in [0, 0.1) is 0 Å². The molecule has 0 spiro atoms. The minimum Gasteiger partial charge on any atom is -0.454 e. The molecule has 1 aliphatic heterocycles. The molecule has 8 nitrogen and oxygen atoms in total. The Bertz CT molecular complexity index is 1030. The third-order valence-electron chi connectivity index (χ3n) is 4.27. The molecule has 3 rings (SSSR count). The minimum absolute atomic E-state index is 0.238. The molecule has 3 N–H and O–H groups in total. The highest BCUT2D eigenvalue weighted by molar-refractivity contribution is 7.89. The van der Waals surface area contributed by atoms with Crippen molar-refractivity contribution in [2.75, 3.05) is 13.8 Å². The van der Waals surface area contributed by atoms with Crippen LogP contribution in [-0.4, -0.2) is 33.8 Å². The zero-order chi connectivity index (χ0) is 21.8. The highest BCUT2D eigenvalue weighted by Gasteiger charge is 2.24. The van der Waals surface area contributed by atoms with Crippen LogP contribution in [0.25, 0.3) is 0 Å². The van der Waals surface area contributed by atoms with Crippen LogP contribution in [0.2, 0.25) is 0 Å². The van der Waals surface area contributed by atoms with Gasteiger partial charge in [-0.05, 0) is 50.1 Å². The Balaban J connectivity index is 1.64. The molecule has 0 saturated carbocycles. The van der Waals surface area contributed by atoms with Crippen molar-refractivity contribution < 1.29 is 17.9 Å². The number of sulfonamides is 1. The lowest BCUT2D eigenvalue weighted by molar-refractivity contribution is 0.174. The largest absolute Gasteiger partial charge is 0.454 e. The minimum atomic E-state index is -3.64. The number of hydrogen-bond acceptors (Lipinski definition) is 5. The van der Waals surface area contributed by atoms with Crippen LogP contribution < -0.4 is 24.8 Å². The van der Waals surface area contributed by atoms with Gasteiger partial charge >= 0.3 is 0 Å². The van der Waals surface area contributed by atoms with Crippen molar-refractivity contribution in [3.05, 3.63) is 53.6 Å². The van der Waals surface area contributed by atoms with Crippen LogP contribution in [-0.2, 0) is 23.1 Å². The van der Waals surface area contributed by atoms with Gasteiger partial charge in [0.2, 0.25) is 16.8 Å². The van der Waals surface area contributed by atoms with Crippen LogP contribution in [0.1, 0.15) is 31.9 Å². The van der Waals surface area contributed by atoms with Gasteiger partial charge in [-0.15, -0.1) is 0 Å². The van der Waals surface area contributed by atoms with Gasteiger partial charge in [-0.1, -0.05) is 24.3 Å². The van der Waals surface area contributed by atoms with E-state index in [1.54, 1.807) is 25.2 Å².